The first-order valence-electron chi connectivity index (χ1n) is 6.67. The van der Waals surface area contributed by atoms with Crippen LogP contribution in [-0.4, -0.2) is 23.7 Å². The van der Waals surface area contributed by atoms with E-state index in [4.69, 9.17) is 5.11 Å². The number of halogens is 1. The van der Waals surface area contributed by atoms with Crippen LogP contribution >= 0.6 is 15.9 Å². The highest BCUT2D eigenvalue weighted by molar-refractivity contribution is 9.10. The molecule has 0 aliphatic rings. The lowest BCUT2D eigenvalue weighted by atomic mass is 10.1. The van der Waals surface area contributed by atoms with Crippen molar-refractivity contribution in [2.75, 3.05) is 11.9 Å². The molecule has 2 amide bonds. The van der Waals surface area contributed by atoms with Gasteiger partial charge in [-0.15, -0.1) is 0 Å². The summed E-state index contributed by atoms with van der Waals surface area (Å²) in [5.41, 5.74) is 1.85. The molecule has 0 bridgehead atoms. The van der Waals surface area contributed by atoms with E-state index in [9.17, 15) is 9.59 Å². The second-order valence-corrected chi connectivity index (χ2v) is 5.56. The number of urea groups is 1. The molecule has 3 N–H and O–H groups in total. The molecule has 0 heterocycles. The Hall–Kier alpha value is -2.34. The number of hydrogen-bond donors (Lipinski definition) is 3. The van der Waals surface area contributed by atoms with Crippen LogP contribution < -0.4 is 10.6 Å². The van der Waals surface area contributed by atoms with E-state index in [0.717, 1.165) is 16.5 Å². The van der Waals surface area contributed by atoms with Gasteiger partial charge in [0.15, 0.2) is 0 Å². The van der Waals surface area contributed by atoms with Crippen LogP contribution in [0.3, 0.4) is 0 Å². The van der Waals surface area contributed by atoms with E-state index in [0.29, 0.717) is 12.2 Å². The average Bonchev–Trinajstić information content (AvgIpc) is 2.48. The van der Waals surface area contributed by atoms with Gasteiger partial charge in [-0.1, -0.05) is 28.1 Å². The summed E-state index contributed by atoms with van der Waals surface area (Å²) in [6.07, 6.45) is 0.727. The van der Waals surface area contributed by atoms with E-state index in [1.807, 2.05) is 24.3 Å². The Balaban J connectivity index is 1.79. The van der Waals surface area contributed by atoms with Gasteiger partial charge in [-0.25, -0.2) is 9.59 Å². The van der Waals surface area contributed by atoms with Crippen molar-refractivity contribution in [2.45, 2.75) is 6.42 Å². The van der Waals surface area contributed by atoms with Crippen LogP contribution in [0.15, 0.2) is 53.0 Å². The second kappa shape index (κ2) is 7.61. The molecule has 0 saturated heterocycles. The summed E-state index contributed by atoms with van der Waals surface area (Å²) in [4.78, 5) is 22.5. The van der Waals surface area contributed by atoms with Gasteiger partial charge in [0, 0.05) is 16.7 Å². The Bertz CT molecular complexity index is 671. The highest BCUT2D eigenvalue weighted by atomic mass is 79.9. The first-order valence-corrected chi connectivity index (χ1v) is 7.46. The molecule has 22 heavy (non-hydrogen) atoms. The summed E-state index contributed by atoms with van der Waals surface area (Å²) >= 11 is 3.40. The van der Waals surface area contributed by atoms with Crippen molar-refractivity contribution in [3.63, 3.8) is 0 Å². The molecule has 0 saturated carbocycles. The number of carboxylic acid groups (broad SMARTS) is 1. The third kappa shape index (κ3) is 4.89. The zero-order valence-electron chi connectivity index (χ0n) is 11.7. The summed E-state index contributed by atoms with van der Waals surface area (Å²) in [6, 6.07) is 13.6. The SMILES string of the molecule is O=C(NCCc1cccc(Br)c1)Nc1ccc(C(=O)O)cc1. The van der Waals surface area contributed by atoms with Crippen molar-refractivity contribution in [3.05, 3.63) is 64.1 Å². The van der Waals surface area contributed by atoms with E-state index in [-0.39, 0.29) is 11.6 Å². The summed E-state index contributed by atoms with van der Waals surface area (Å²) in [5.74, 6) is -0.995. The predicted octanol–water partition coefficient (Wildman–Crippen LogP) is 3.51. The van der Waals surface area contributed by atoms with E-state index in [1.165, 1.54) is 12.1 Å². The molecule has 0 aliphatic heterocycles. The van der Waals surface area contributed by atoms with Crippen LogP contribution in [-0.2, 0) is 6.42 Å². The van der Waals surface area contributed by atoms with Crippen molar-refractivity contribution >= 4 is 33.6 Å². The molecule has 2 rings (SSSR count). The Morgan fingerprint density at radius 3 is 2.45 bits per heavy atom. The molecule has 114 valence electrons. The third-order valence-electron chi connectivity index (χ3n) is 2.98. The van der Waals surface area contributed by atoms with Gasteiger partial charge in [0.1, 0.15) is 0 Å². The number of carbonyl (C=O) groups is 2. The molecular weight excluding hydrogens is 348 g/mol. The molecule has 6 heteroatoms. The molecule has 0 fully saturated rings. The molecule has 2 aromatic rings. The van der Waals surface area contributed by atoms with Gasteiger partial charge >= 0.3 is 12.0 Å². The molecule has 0 atom stereocenters. The minimum atomic E-state index is -0.995. The van der Waals surface area contributed by atoms with Crippen molar-refractivity contribution in [2.24, 2.45) is 0 Å². The monoisotopic (exact) mass is 362 g/mol. The Labute approximate surface area is 136 Å². The van der Waals surface area contributed by atoms with Gasteiger partial charge < -0.3 is 15.7 Å². The van der Waals surface area contributed by atoms with Crippen LogP contribution in [0.2, 0.25) is 0 Å². The van der Waals surface area contributed by atoms with E-state index < -0.39 is 5.97 Å². The van der Waals surface area contributed by atoms with Crippen LogP contribution in [0.5, 0.6) is 0 Å². The fourth-order valence-corrected chi connectivity index (χ4v) is 2.33. The lowest BCUT2D eigenvalue weighted by molar-refractivity contribution is 0.0697. The molecule has 0 aromatic heterocycles. The summed E-state index contributed by atoms with van der Waals surface area (Å²) < 4.78 is 1.01. The zero-order valence-corrected chi connectivity index (χ0v) is 13.3. The lowest BCUT2D eigenvalue weighted by Gasteiger charge is -2.08. The van der Waals surface area contributed by atoms with Crippen molar-refractivity contribution in [1.82, 2.24) is 5.32 Å². The number of rotatable bonds is 5. The number of benzene rings is 2. The average molecular weight is 363 g/mol. The Morgan fingerprint density at radius 2 is 1.82 bits per heavy atom. The fraction of sp³-hybridized carbons (Fsp3) is 0.125. The van der Waals surface area contributed by atoms with Crippen LogP contribution in [0.4, 0.5) is 10.5 Å². The molecule has 0 spiro atoms. The summed E-state index contributed by atoms with van der Waals surface area (Å²) in [6.45, 7) is 0.509. The van der Waals surface area contributed by atoms with Gasteiger partial charge in [0.25, 0.3) is 0 Å². The highest BCUT2D eigenvalue weighted by Gasteiger charge is 2.04. The van der Waals surface area contributed by atoms with Crippen molar-refractivity contribution in [3.8, 4) is 0 Å². The molecule has 0 radical (unpaired) electrons. The molecular formula is C16H15BrN2O3. The number of carboxylic acids is 1. The van der Waals surface area contributed by atoms with E-state index in [2.05, 4.69) is 26.6 Å². The van der Waals surface area contributed by atoms with Crippen LogP contribution in [0, 0.1) is 0 Å². The number of hydrogen-bond acceptors (Lipinski definition) is 2. The maximum absolute atomic E-state index is 11.7. The first kappa shape index (κ1) is 16.0. The maximum atomic E-state index is 11.7. The first-order chi connectivity index (χ1) is 10.5. The lowest BCUT2D eigenvalue weighted by Crippen LogP contribution is -2.30. The normalized spacial score (nSPS) is 10.0. The minimum absolute atomic E-state index is 0.181. The predicted molar refractivity (Wildman–Crippen MR) is 88.3 cm³/mol. The smallest absolute Gasteiger partial charge is 0.335 e. The zero-order chi connectivity index (χ0) is 15.9. The largest absolute Gasteiger partial charge is 0.478 e. The molecule has 2 aromatic carbocycles. The molecule has 5 nitrogen and oxygen atoms in total. The number of nitrogens with one attached hydrogen (secondary N) is 2. The second-order valence-electron chi connectivity index (χ2n) is 4.64. The number of carbonyl (C=O) groups excluding carboxylic acids is 1. The third-order valence-corrected chi connectivity index (χ3v) is 3.47. The van der Waals surface area contributed by atoms with Crippen molar-refractivity contribution in [1.29, 1.82) is 0 Å². The minimum Gasteiger partial charge on any atom is -0.478 e. The number of anilines is 1. The Kier molecular flexibility index (Phi) is 5.55. The molecule has 0 aliphatic carbocycles. The van der Waals surface area contributed by atoms with Gasteiger partial charge in [0.2, 0.25) is 0 Å². The maximum Gasteiger partial charge on any atom is 0.335 e. The number of aromatic carboxylic acids is 1. The van der Waals surface area contributed by atoms with Crippen LogP contribution in [0.25, 0.3) is 0 Å². The summed E-state index contributed by atoms with van der Waals surface area (Å²) in [7, 11) is 0. The van der Waals surface area contributed by atoms with E-state index in [1.54, 1.807) is 12.1 Å². The van der Waals surface area contributed by atoms with Gasteiger partial charge in [-0.2, -0.15) is 0 Å². The van der Waals surface area contributed by atoms with Gasteiger partial charge in [-0.3, -0.25) is 0 Å². The molecule has 0 unspecified atom stereocenters. The quantitative estimate of drug-likeness (QED) is 0.761. The topological polar surface area (TPSA) is 78.4 Å². The summed E-state index contributed by atoms with van der Waals surface area (Å²) in [5, 5.41) is 14.2. The standard InChI is InChI=1S/C16H15BrN2O3/c17-13-3-1-2-11(10-13)8-9-18-16(22)19-14-6-4-12(5-7-14)15(20)21/h1-7,10H,8-9H2,(H,20,21)(H2,18,19,22). The van der Waals surface area contributed by atoms with Gasteiger partial charge in [-0.05, 0) is 48.4 Å². The highest BCUT2D eigenvalue weighted by Crippen LogP contribution is 2.12. The Morgan fingerprint density at radius 1 is 1.09 bits per heavy atom. The fourth-order valence-electron chi connectivity index (χ4n) is 1.88. The van der Waals surface area contributed by atoms with E-state index >= 15 is 0 Å². The van der Waals surface area contributed by atoms with Crippen molar-refractivity contribution < 1.29 is 14.7 Å². The van der Waals surface area contributed by atoms with Gasteiger partial charge in [0.05, 0.1) is 5.56 Å². The van der Waals surface area contributed by atoms with Crippen LogP contribution in [0.1, 0.15) is 15.9 Å². The number of amides is 2.